The molecule has 2 amide bonds. The zero-order valence-corrected chi connectivity index (χ0v) is 13.5. The average molecular weight is 319 g/mol. The number of rotatable bonds is 4. The predicted octanol–water partition coefficient (Wildman–Crippen LogP) is 2.40. The summed E-state index contributed by atoms with van der Waals surface area (Å²) in [6, 6.07) is 4.25. The Labute approximate surface area is 134 Å². The molecule has 1 saturated heterocycles. The minimum atomic E-state index is -0.458. The number of ether oxygens (including phenoxy) is 1. The van der Waals surface area contributed by atoms with Crippen LogP contribution in [0.15, 0.2) is 18.2 Å². The zero-order valence-electron chi connectivity index (χ0n) is 13.5. The monoisotopic (exact) mass is 319 g/mol. The minimum absolute atomic E-state index is 0.0146. The molecule has 0 bridgehead atoms. The molecule has 1 aliphatic carbocycles. The van der Waals surface area contributed by atoms with E-state index < -0.39 is 4.92 Å². The fraction of sp³-hybridized carbons (Fsp3) is 0.562. The summed E-state index contributed by atoms with van der Waals surface area (Å²) in [5.74, 6) is 1.72. The molecular formula is C16H21N3O4. The van der Waals surface area contributed by atoms with Crippen LogP contribution in [0.2, 0.25) is 0 Å². The average Bonchev–Trinajstić information content (AvgIpc) is 2.91. The Morgan fingerprint density at radius 2 is 2.09 bits per heavy atom. The molecule has 0 spiro atoms. The number of nitro benzene ring substituents is 1. The van der Waals surface area contributed by atoms with Gasteiger partial charge in [0, 0.05) is 37.3 Å². The third kappa shape index (κ3) is 2.71. The highest BCUT2D eigenvalue weighted by Crippen LogP contribution is 2.61. The number of carbonyl (C=O) groups is 1. The molecule has 0 radical (unpaired) electrons. The van der Waals surface area contributed by atoms with Crippen molar-refractivity contribution in [2.75, 3.05) is 20.2 Å². The van der Waals surface area contributed by atoms with E-state index in [1.54, 1.807) is 6.07 Å². The van der Waals surface area contributed by atoms with Crippen LogP contribution < -0.4 is 10.1 Å². The molecule has 1 N–H and O–H groups in total. The summed E-state index contributed by atoms with van der Waals surface area (Å²) < 4.78 is 5.20. The van der Waals surface area contributed by atoms with Gasteiger partial charge < -0.3 is 15.0 Å². The number of urea groups is 1. The molecule has 1 aliphatic heterocycles. The molecule has 124 valence electrons. The smallest absolute Gasteiger partial charge is 0.317 e. The number of nitrogens with zero attached hydrogens (tertiary/aromatic N) is 2. The molecule has 7 nitrogen and oxygen atoms in total. The molecular weight excluding hydrogens is 298 g/mol. The zero-order chi connectivity index (χ0) is 16.8. The van der Waals surface area contributed by atoms with Crippen molar-refractivity contribution < 1.29 is 14.5 Å². The van der Waals surface area contributed by atoms with E-state index in [0.717, 1.165) is 13.1 Å². The highest BCUT2D eigenvalue weighted by Gasteiger charge is 2.62. The second-order valence-electron chi connectivity index (χ2n) is 6.85. The molecule has 2 atom stereocenters. The first-order chi connectivity index (χ1) is 10.8. The van der Waals surface area contributed by atoms with Crippen LogP contribution in [0.25, 0.3) is 0 Å². The van der Waals surface area contributed by atoms with Gasteiger partial charge in [-0.3, -0.25) is 10.1 Å². The second-order valence-corrected chi connectivity index (χ2v) is 6.85. The summed E-state index contributed by atoms with van der Waals surface area (Å²) in [5, 5.41) is 13.7. The number of methoxy groups -OCH3 is 1. The third-order valence-electron chi connectivity index (χ3n) is 5.31. The normalized spacial score (nSPS) is 24.0. The lowest BCUT2D eigenvalue weighted by molar-refractivity contribution is -0.384. The van der Waals surface area contributed by atoms with Crippen LogP contribution >= 0.6 is 0 Å². The van der Waals surface area contributed by atoms with Crippen molar-refractivity contribution >= 4 is 11.7 Å². The number of benzene rings is 1. The molecule has 2 aliphatic rings. The number of likely N-dealkylation sites (tertiary alicyclic amines) is 1. The van der Waals surface area contributed by atoms with E-state index >= 15 is 0 Å². The maximum absolute atomic E-state index is 12.3. The molecule has 1 aromatic carbocycles. The molecule has 1 aromatic rings. The molecule has 0 unspecified atom stereocenters. The molecule has 7 heteroatoms. The van der Waals surface area contributed by atoms with Gasteiger partial charge in [-0.05, 0) is 23.3 Å². The molecule has 2 fully saturated rings. The summed E-state index contributed by atoms with van der Waals surface area (Å²) in [6.45, 7) is 6.27. The van der Waals surface area contributed by atoms with E-state index in [9.17, 15) is 14.9 Å². The van der Waals surface area contributed by atoms with Crippen LogP contribution in [-0.2, 0) is 6.54 Å². The van der Waals surface area contributed by atoms with E-state index in [2.05, 4.69) is 19.2 Å². The Morgan fingerprint density at radius 1 is 1.43 bits per heavy atom. The number of non-ortho nitro benzene ring substituents is 1. The number of amides is 2. The number of fused-ring (bicyclic) bond motifs is 1. The first-order valence-corrected chi connectivity index (χ1v) is 7.68. The van der Waals surface area contributed by atoms with Crippen molar-refractivity contribution in [3.8, 4) is 5.75 Å². The van der Waals surface area contributed by atoms with Crippen molar-refractivity contribution in [2.45, 2.75) is 20.4 Å². The van der Waals surface area contributed by atoms with Crippen LogP contribution in [-0.4, -0.2) is 36.1 Å². The Morgan fingerprint density at radius 3 is 2.65 bits per heavy atom. The highest BCUT2D eigenvalue weighted by atomic mass is 16.6. The standard InChI is InChI=1S/C16H21N3O4/c1-16(2)12-8-18(9-13(12)16)15(20)17-7-10-6-11(19(21)22)4-5-14(10)23-3/h4-6,12-13H,7-9H2,1-3H3,(H,17,20)/t12-,13+. The minimum Gasteiger partial charge on any atom is -0.496 e. The molecule has 1 saturated carbocycles. The maximum Gasteiger partial charge on any atom is 0.317 e. The highest BCUT2D eigenvalue weighted by molar-refractivity contribution is 5.75. The van der Waals surface area contributed by atoms with E-state index in [1.165, 1.54) is 19.2 Å². The SMILES string of the molecule is COc1ccc([N+](=O)[O-])cc1CNC(=O)N1C[C@@H]2[C@H](C1)C2(C)C. The van der Waals surface area contributed by atoms with Gasteiger partial charge in [0.05, 0.1) is 12.0 Å². The van der Waals surface area contributed by atoms with Crippen LogP contribution in [0.3, 0.4) is 0 Å². The third-order valence-corrected chi connectivity index (χ3v) is 5.31. The fourth-order valence-electron chi connectivity index (χ4n) is 3.60. The van der Waals surface area contributed by atoms with E-state index in [4.69, 9.17) is 4.74 Å². The Balaban J connectivity index is 1.61. The van der Waals surface area contributed by atoms with Gasteiger partial charge in [-0.25, -0.2) is 4.79 Å². The Kier molecular flexibility index (Phi) is 3.66. The van der Waals surface area contributed by atoms with Gasteiger partial charge in [-0.15, -0.1) is 0 Å². The van der Waals surface area contributed by atoms with Gasteiger partial charge >= 0.3 is 6.03 Å². The molecule has 23 heavy (non-hydrogen) atoms. The lowest BCUT2D eigenvalue weighted by Crippen LogP contribution is -2.40. The van der Waals surface area contributed by atoms with E-state index in [0.29, 0.717) is 28.6 Å². The molecule has 1 heterocycles. The van der Waals surface area contributed by atoms with E-state index in [-0.39, 0.29) is 18.3 Å². The number of piperidine rings is 1. The largest absolute Gasteiger partial charge is 0.496 e. The Hall–Kier alpha value is -2.31. The van der Waals surface area contributed by atoms with Gasteiger partial charge in [-0.1, -0.05) is 13.8 Å². The maximum atomic E-state index is 12.3. The topological polar surface area (TPSA) is 84.7 Å². The summed E-state index contributed by atoms with van der Waals surface area (Å²) in [4.78, 5) is 24.5. The predicted molar refractivity (Wildman–Crippen MR) is 84.2 cm³/mol. The molecule has 3 rings (SSSR count). The number of hydrogen-bond donors (Lipinski definition) is 1. The lowest BCUT2D eigenvalue weighted by Gasteiger charge is -2.22. The van der Waals surface area contributed by atoms with E-state index in [1.807, 2.05) is 4.90 Å². The van der Waals surface area contributed by atoms with Crippen molar-refractivity contribution in [2.24, 2.45) is 17.3 Å². The summed E-state index contributed by atoms with van der Waals surface area (Å²) in [5.41, 5.74) is 0.944. The van der Waals surface area contributed by atoms with Gasteiger partial charge in [0.2, 0.25) is 0 Å². The number of nitrogens with one attached hydrogen (secondary N) is 1. The number of nitro groups is 1. The quantitative estimate of drug-likeness (QED) is 0.682. The van der Waals surface area contributed by atoms with Crippen molar-refractivity contribution in [3.63, 3.8) is 0 Å². The summed E-state index contributed by atoms with van der Waals surface area (Å²) in [6.07, 6.45) is 0. The fourth-order valence-corrected chi connectivity index (χ4v) is 3.60. The van der Waals surface area contributed by atoms with Gasteiger partial charge in [-0.2, -0.15) is 0 Å². The van der Waals surface area contributed by atoms with Gasteiger partial charge in [0.25, 0.3) is 5.69 Å². The van der Waals surface area contributed by atoms with Crippen LogP contribution in [0, 0.1) is 27.4 Å². The number of hydrogen-bond acceptors (Lipinski definition) is 4. The van der Waals surface area contributed by atoms with Crippen LogP contribution in [0.4, 0.5) is 10.5 Å². The Bertz CT molecular complexity index is 645. The second kappa shape index (κ2) is 5.40. The van der Waals surface area contributed by atoms with Crippen molar-refractivity contribution in [1.82, 2.24) is 10.2 Å². The van der Waals surface area contributed by atoms with Gasteiger partial charge in [0.15, 0.2) is 0 Å². The first-order valence-electron chi connectivity index (χ1n) is 7.68. The van der Waals surface area contributed by atoms with Crippen molar-refractivity contribution in [1.29, 1.82) is 0 Å². The summed E-state index contributed by atoms with van der Waals surface area (Å²) >= 11 is 0. The number of carbonyl (C=O) groups excluding carboxylic acids is 1. The molecule has 0 aromatic heterocycles. The summed E-state index contributed by atoms with van der Waals surface area (Å²) in [7, 11) is 1.50. The van der Waals surface area contributed by atoms with Crippen molar-refractivity contribution in [3.05, 3.63) is 33.9 Å². The van der Waals surface area contributed by atoms with Crippen LogP contribution in [0.5, 0.6) is 5.75 Å². The lowest BCUT2D eigenvalue weighted by atomic mass is 10.1. The van der Waals surface area contributed by atoms with Crippen LogP contribution in [0.1, 0.15) is 19.4 Å². The van der Waals surface area contributed by atoms with Gasteiger partial charge in [0.1, 0.15) is 5.75 Å². The first kappa shape index (κ1) is 15.6.